The molecule has 1 heterocycles. The molecule has 2 aromatic rings. The van der Waals surface area contributed by atoms with Crippen LogP contribution in [0.15, 0.2) is 29.3 Å². The maximum atomic E-state index is 11.8. The minimum atomic E-state index is -0.514. The van der Waals surface area contributed by atoms with Gasteiger partial charge in [-0.15, -0.1) is 11.3 Å². The van der Waals surface area contributed by atoms with Gasteiger partial charge in [-0.2, -0.15) is 0 Å². The van der Waals surface area contributed by atoms with Gasteiger partial charge in [0.2, 0.25) is 0 Å². The molecule has 0 radical (unpaired) electrons. The molecule has 0 bridgehead atoms. The third-order valence-corrected chi connectivity index (χ3v) is 5.50. The van der Waals surface area contributed by atoms with E-state index in [1.54, 1.807) is 18.4 Å². The molecule has 0 saturated carbocycles. The second-order valence-electron chi connectivity index (χ2n) is 8.21. The minimum Gasteiger partial charge on any atom is -0.444 e. The molecule has 0 aliphatic rings. The topological polar surface area (TPSA) is 87.6 Å². The number of aryl methyl sites for hydroxylation is 2. The zero-order chi connectivity index (χ0) is 22.9. The lowest BCUT2D eigenvalue weighted by atomic mass is 10.1. The third-order valence-electron chi connectivity index (χ3n) is 4.43. The summed E-state index contributed by atoms with van der Waals surface area (Å²) in [5.41, 5.74) is 2.57. The van der Waals surface area contributed by atoms with Crippen LogP contribution in [0.4, 0.5) is 10.5 Å². The SMILES string of the molecule is CCc1nc(CCNC(=NC)NCCc2ccc(NC(=O)OC(C)(C)C)cc2)sc1C. The molecule has 0 spiro atoms. The number of hydrogen-bond acceptors (Lipinski definition) is 5. The highest BCUT2D eigenvalue weighted by molar-refractivity contribution is 7.11. The minimum absolute atomic E-state index is 0.449. The summed E-state index contributed by atoms with van der Waals surface area (Å²) in [4.78, 5) is 22.1. The van der Waals surface area contributed by atoms with E-state index in [0.717, 1.165) is 43.3 Å². The number of nitrogens with one attached hydrogen (secondary N) is 3. The number of rotatable bonds is 8. The second kappa shape index (κ2) is 11.7. The van der Waals surface area contributed by atoms with Crippen LogP contribution in [0.2, 0.25) is 0 Å². The Morgan fingerprint density at radius 3 is 2.32 bits per heavy atom. The van der Waals surface area contributed by atoms with Crippen LogP contribution in [0.3, 0.4) is 0 Å². The van der Waals surface area contributed by atoms with Crippen molar-refractivity contribution in [3.8, 4) is 0 Å². The first-order valence-corrected chi connectivity index (χ1v) is 11.5. The highest BCUT2D eigenvalue weighted by atomic mass is 32.1. The van der Waals surface area contributed by atoms with Gasteiger partial charge in [-0.05, 0) is 58.2 Å². The first kappa shape index (κ1) is 24.7. The molecular formula is C23H35N5O2S. The van der Waals surface area contributed by atoms with Crippen molar-refractivity contribution in [2.45, 2.75) is 59.5 Å². The third kappa shape index (κ3) is 8.96. The van der Waals surface area contributed by atoms with E-state index < -0.39 is 11.7 Å². The summed E-state index contributed by atoms with van der Waals surface area (Å²) >= 11 is 1.78. The van der Waals surface area contributed by atoms with Crippen molar-refractivity contribution in [2.24, 2.45) is 4.99 Å². The number of aromatic nitrogens is 1. The molecule has 0 unspecified atom stereocenters. The van der Waals surface area contributed by atoms with Crippen LogP contribution < -0.4 is 16.0 Å². The van der Waals surface area contributed by atoms with Crippen molar-refractivity contribution in [1.29, 1.82) is 0 Å². The summed E-state index contributed by atoms with van der Waals surface area (Å²) in [5.74, 6) is 0.784. The summed E-state index contributed by atoms with van der Waals surface area (Å²) in [6.45, 7) is 11.3. The van der Waals surface area contributed by atoms with Gasteiger partial charge in [0.05, 0.1) is 10.7 Å². The fourth-order valence-corrected chi connectivity index (χ4v) is 3.95. The fourth-order valence-electron chi connectivity index (χ4n) is 2.93. The van der Waals surface area contributed by atoms with Gasteiger partial charge in [0, 0.05) is 37.1 Å². The summed E-state index contributed by atoms with van der Waals surface area (Å²) in [6, 6.07) is 7.77. The Kier molecular flexibility index (Phi) is 9.30. The van der Waals surface area contributed by atoms with Gasteiger partial charge in [-0.25, -0.2) is 9.78 Å². The lowest BCUT2D eigenvalue weighted by Crippen LogP contribution is -2.39. The molecule has 170 valence electrons. The Morgan fingerprint density at radius 1 is 1.13 bits per heavy atom. The fraction of sp³-hybridized carbons (Fsp3) is 0.522. The van der Waals surface area contributed by atoms with Crippen molar-refractivity contribution in [2.75, 3.05) is 25.5 Å². The first-order chi connectivity index (χ1) is 14.7. The summed E-state index contributed by atoms with van der Waals surface area (Å²) in [7, 11) is 1.77. The number of thiazole rings is 1. The van der Waals surface area contributed by atoms with Gasteiger partial charge in [-0.3, -0.25) is 10.3 Å². The van der Waals surface area contributed by atoms with Crippen LogP contribution in [-0.2, 0) is 24.0 Å². The molecule has 3 N–H and O–H groups in total. The normalized spacial score (nSPS) is 11.9. The largest absolute Gasteiger partial charge is 0.444 e. The number of amides is 1. The van der Waals surface area contributed by atoms with Crippen molar-refractivity contribution < 1.29 is 9.53 Å². The molecule has 0 aliphatic carbocycles. The monoisotopic (exact) mass is 445 g/mol. The van der Waals surface area contributed by atoms with E-state index in [1.807, 2.05) is 45.0 Å². The Morgan fingerprint density at radius 2 is 1.77 bits per heavy atom. The highest BCUT2D eigenvalue weighted by Gasteiger charge is 2.16. The van der Waals surface area contributed by atoms with E-state index in [-0.39, 0.29) is 0 Å². The van der Waals surface area contributed by atoms with E-state index in [0.29, 0.717) is 5.69 Å². The zero-order valence-corrected chi connectivity index (χ0v) is 20.3. The summed E-state index contributed by atoms with van der Waals surface area (Å²) in [5, 5.41) is 10.6. The number of nitrogens with zero attached hydrogens (tertiary/aromatic N) is 2. The standard InChI is InChI=1S/C23H35N5O2S/c1-7-19-16(2)31-20(28-19)13-15-26-21(24-6)25-14-12-17-8-10-18(11-9-17)27-22(29)30-23(3,4)5/h8-11H,7,12-15H2,1-6H3,(H,27,29)(H2,24,25,26). The van der Waals surface area contributed by atoms with Crippen molar-refractivity contribution in [1.82, 2.24) is 15.6 Å². The van der Waals surface area contributed by atoms with Crippen LogP contribution >= 0.6 is 11.3 Å². The van der Waals surface area contributed by atoms with Crippen molar-refractivity contribution >= 4 is 29.1 Å². The van der Waals surface area contributed by atoms with Gasteiger partial charge < -0.3 is 15.4 Å². The lowest BCUT2D eigenvalue weighted by molar-refractivity contribution is 0.0636. The predicted octanol–water partition coefficient (Wildman–Crippen LogP) is 4.31. The van der Waals surface area contributed by atoms with Crippen LogP contribution in [0.1, 0.15) is 48.8 Å². The number of ether oxygens (including phenoxy) is 1. The lowest BCUT2D eigenvalue weighted by Gasteiger charge is -2.19. The Labute approximate surface area is 189 Å². The molecule has 1 aromatic heterocycles. The Balaban J connectivity index is 1.71. The molecule has 0 saturated heterocycles. The number of anilines is 1. The number of benzene rings is 1. The number of carbonyl (C=O) groups excluding carboxylic acids is 1. The molecular weight excluding hydrogens is 410 g/mol. The van der Waals surface area contributed by atoms with E-state index in [1.165, 1.54) is 16.1 Å². The maximum absolute atomic E-state index is 11.8. The number of carbonyl (C=O) groups is 1. The van der Waals surface area contributed by atoms with Crippen LogP contribution in [0.25, 0.3) is 0 Å². The smallest absolute Gasteiger partial charge is 0.412 e. The molecule has 0 fully saturated rings. The molecule has 31 heavy (non-hydrogen) atoms. The van der Waals surface area contributed by atoms with Gasteiger partial charge in [0.1, 0.15) is 5.60 Å². The van der Waals surface area contributed by atoms with E-state index in [9.17, 15) is 4.79 Å². The number of guanidine groups is 1. The first-order valence-electron chi connectivity index (χ1n) is 10.7. The summed E-state index contributed by atoms with van der Waals surface area (Å²) < 4.78 is 5.27. The summed E-state index contributed by atoms with van der Waals surface area (Å²) in [6.07, 6.45) is 2.27. The molecule has 0 aliphatic heterocycles. The average Bonchev–Trinajstić information content (AvgIpc) is 3.06. The van der Waals surface area contributed by atoms with Gasteiger partial charge >= 0.3 is 6.09 Å². The van der Waals surface area contributed by atoms with Crippen molar-refractivity contribution in [3.63, 3.8) is 0 Å². The van der Waals surface area contributed by atoms with Crippen LogP contribution in [0.5, 0.6) is 0 Å². The quantitative estimate of drug-likeness (QED) is 0.416. The second-order valence-corrected chi connectivity index (χ2v) is 9.50. The number of aliphatic imine (C=N–C) groups is 1. The average molecular weight is 446 g/mol. The van der Waals surface area contributed by atoms with Crippen LogP contribution in [0, 0.1) is 6.92 Å². The Hall–Kier alpha value is -2.61. The van der Waals surface area contributed by atoms with E-state index >= 15 is 0 Å². The molecule has 1 aromatic carbocycles. The zero-order valence-electron chi connectivity index (χ0n) is 19.5. The van der Waals surface area contributed by atoms with Gasteiger partial charge in [-0.1, -0.05) is 19.1 Å². The Bertz CT molecular complexity index is 869. The predicted molar refractivity (Wildman–Crippen MR) is 129 cm³/mol. The van der Waals surface area contributed by atoms with Gasteiger partial charge in [0.25, 0.3) is 0 Å². The molecule has 2 rings (SSSR count). The highest BCUT2D eigenvalue weighted by Crippen LogP contribution is 2.18. The molecule has 0 atom stereocenters. The molecule has 1 amide bonds. The molecule has 7 nitrogen and oxygen atoms in total. The molecule has 8 heteroatoms. The van der Waals surface area contributed by atoms with Gasteiger partial charge in [0.15, 0.2) is 5.96 Å². The van der Waals surface area contributed by atoms with Crippen LogP contribution in [-0.4, -0.2) is 42.8 Å². The van der Waals surface area contributed by atoms with E-state index in [4.69, 9.17) is 4.74 Å². The van der Waals surface area contributed by atoms with E-state index in [2.05, 4.69) is 39.8 Å². The number of hydrogen-bond donors (Lipinski definition) is 3. The van der Waals surface area contributed by atoms with Crippen molar-refractivity contribution in [3.05, 3.63) is 45.4 Å². The maximum Gasteiger partial charge on any atom is 0.412 e.